The summed E-state index contributed by atoms with van der Waals surface area (Å²) in [5.74, 6) is 0.108. The van der Waals surface area contributed by atoms with Gasteiger partial charge in [-0.3, -0.25) is 15.4 Å². The Kier molecular flexibility index (Phi) is 5.20. The molecule has 10 nitrogen and oxygen atoms in total. The maximum Gasteiger partial charge on any atom is 0.409 e. The topological polar surface area (TPSA) is 148 Å². The molecular weight excluding hydrogens is 354 g/mol. The minimum atomic E-state index is -4.00. The Labute approximate surface area is 142 Å². The maximum absolute atomic E-state index is 12.1. The summed E-state index contributed by atoms with van der Waals surface area (Å²) in [4.78, 5) is 20.3. The molecular formula is C14H13N3O7S. The summed E-state index contributed by atoms with van der Waals surface area (Å²) in [5.41, 5.74) is -0.103. The first-order chi connectivity index (χ1) is 11.7. The SMILES string of the molecule is CNS(=O)(=O)c1cc([N+](=O)[O-])ccc1Oc1ccc(NC(=O)O)cc1. The summed E-state index contributed by atoms with van der Waals surface area (Å²) < 4.78 is 31.7. The van der Waals surface area contributed by atoms with Crippen molar-refractivity contribution in [2.75, 3.05) is 12.4 Å². The Bertz CT molecular complexity index is 911. The number of carbonyl (C=O) groups is 1. The van der Waals surface area contributed by atoms with Gasteiger partial charge in [-0.2, -0.15) is 0 Å². The van der Waals surface area contributed by atoms with Crippen molar-refractivity contribution in [3.05, 3.63) is 52.6 Å². The molecule has 0 bridgehead atoms. The van der Waals surface area contributed by atoms with E-state index in [9.17, 15) is 23.3 Å². The first-order valence-corrected chi connectivity index (χ1v) is 8.21. The van der Waals surface area contributed by atoms with Gasteiger partial charge >= 0.3 is 6.09 Å². The smallest absolute Gasteiger partial charge is 0.409 e. The molecule has 3 N–H and O–H groups in total. The normalized spacial score (nSPS) is 10.9. The number of non-ortho nitro benzene ring substituents is 1. The summed E-state index contributed by atoms with van der Waals surface area (Å²) in [5, 5.41) is 21.6. The van der Waals surface area contributed by atoms with Crippen molar-refractivity contribution in [2.24, 2.45) is 0 Å². The van der Waals surface area contributed by atoms with E-state index in [-0.39, 0.29) is 11.5 Å². The van der Waals surface area contributed by atoms with E-state index in [0.717, 1.165) is 12.1 Å². The van der Waals surface area contributed by atoms with E-state index in [2.05, 4.69) is 10.0 Å². The predicted octanol–water partition coefficient (Wildman–Crippen LogP) is 2.39. The average molecular weight is 367 g/mol. The number of nitro benzene ring substituents is 1. The Balaban J connectivity index is 2.38. The van der Waals surface area contributed by atoms with Crippen LogP contribution in [-0.2, 0) is 10.0 Å². The third-order valence-electron chi connectivity index (χ3n) is 3.03. The summed E-state index contributed by atoms with van der Waals surface area (Å²) in [7, 11) is -2.83. The van der Waals surface area contributed by atoms with Gasteiger partial charge in [0.1, 0.15) is 16.4 Å². The van der Waals surface area contributed by atoms with Gasteiger partial charge in [0, 0.05) is 17.8 Å². The lowest BCUT2D eigenvalue weighted by Gasteiger charge is -2.11. The van der Waals surface area contributed by atoms with Crippen molar-refractivity contribution in [1.82, 2.24) is 4.72 Å². The number of amides is 1. The molecule has 2 aromatic rings. The second-order valence-electron chi connectivity index (χ2n) is 4.65. The van der Waals surface area contributed by atoms with E-state index in [0.29, 0.717) is 5.69 Å². The molecule has 0 unspecified atom stereocenters. The van der Waals surface area contributed by atoms with Crippen LogP contribution in [0.15, 0.2) is 47.4 Å². The molecule has 0 fully saturated rings. The van der Waals surface area contributed by atoms with E-state index in [1.165, 1.54) is 37.4 Å². The van der Waals surface area contributed by atoms with Crippen molar-refractivity contribution in [3.8, 4) is 11.5 Å². The van der Waals surface area contributed by atoms with Crippen LogP contribution in [0.4, 0.5) is 16.2 Å². The zero-order valence-corrected chi connectivity index (χ0v) is 13.6. The standard InChI is InChI=1S/C14H13N3O7S/c1-15-25(22,23)13-8-10(17(20)21)4-7-12(13)24-11-5-2-9(3-6-11)16-14(18)19/h2-8,15-16H,1H3,(H,18,19). The van der Waals surface area contributed by atoms with Crippen molar-refractivity contribution in [1.29, 1.82) is 0 Å². The van der Waals surface area contributed by atoms with E-state index in [4.69, 9.17) is 9.84 Å². The van der Waals surface area contributed by atoms with Crippen LogP contribution in [0.2, 0.25) is 0 Å². The van der Waals surface area contributed by atoms with Crippen LogP contribution >= 0.6 is 0 Å². The summed E-state index contributed by atoms with van der Waals surface area (Å²) in [6, 6.07) is 8.85. The molecule has 1 amide bonds. The largest absolute Gasteiger partial charge is 0.465 e. The molecule has 132 valence electrons. The molecule has 0 aliphatic rings. The molecule has 0 aliphatic carbocycles. The molecule has 0 saturated heterocycles. The maximum atomic E-state index is 12.1. The van der Waals surface area contributed by atoms with Gasteiger partial charge in [0.25, 0.3) is 5.69 Å². The van der Waals surface area contributed by atoms with E-state index >= 15 is 0 Å². The van der Waals surface area contributed by atoms with Crippen molar-refractivity contribution >= 4 is 27.5 Å². The highest BCUT2D eigenvalue weighted by Gasteiger charge is 2.22. The highest BCUT2D eigenvalue weighted by atomic mass is 32.2. The molecule has 25 heavy (non-hydrogen) atoms. The Morgan fingerprint density at radius 3 is 2.36 bits per heavy atom. The molecule has 0 aromatic heterocycles. The minimum Gasteiger partial charge on any atom is -0.465 e. The van der Waals surface area contributed by atoms with Crippen LogP contribution in [0, 0.1) is 10.1 Å². The van der Waals surface area contributed by atoms with Crippen molar-refractivity contribution in [3.63, 3.8) is 0 Å². The number of hydrogen-bond acceptors (Lipinski definition) is 6. The fraction of sp³-hybridized carbons (Fsp3) is 0.0714. The van der Waals surface area contributed by atoms with Gasteiger partial charge in [-0.1, -0.05) is 0 Å². The molecule has 0 atom stereocenters. The number of hydrogen-bond donors (Lipinski definition) is 3. The molecule has 2 aromatic carbocycles. The third kappa shape index (κ3) is 4.43. The van der Waals surface area contributed by atoms with Gasteiger partial charge in [0.05, 0.1) is 4.92 Å². The second-order valence-corrected chi connectivity index (χ2v) is 6.51. The quantitative estimate of drug-likeness (QED) is 0.524. The van der Waals surface area contributed by atoms with Crippen LogP contribution < -0.4 is 14.8 Å². The van der Waals surface area contributed by atoms with Crippen molar-refractivity contribution < 1.29 is 28.0 Å². The van der Waals surface area contributed by atoms with Gasteiger partial charge in [-0.05, 0) is 37.4 Å². The number of anilines is 1. The van der Waals surface area contributed by atoms with E-state index in [1.54, 1.807) is 0 Å². The van der Waals surface area contributed by atoms with Gasteiger partial charge in [-0.25, -0.2) is 17.9 Å². The van der Waals surface area contributed by atoms with Crippen molar-refractivity contribution in [2.45, 2.75) is 4.90 Å². The first-order valence-electron chi connectivity index (χ1n) is 6.73. The lowest BCUT2D eigenvalue weighted by atomic mass is 10.3. The molecule has 0 radical (unpaired) electrons. The zero-order valence-electron chi connectivity index (χ0n) is 12.8. The number of carboxylic acid groups (broad SMARTS) is 1. The molecule has 2 rings (SSSR count). The minimum absolute atomic E-state index is 0.112. The zero-order chi connectivity index (χ0) is 18.6. The van der Waals surface area contributed by atoms with Crippen LogP contribution in [-0.4, -0.2) is 31.6 Å². The van der Waals surface area contributed by atoms with E-state index < -0.39 is 31.6 Å². The molecule has 0 spiro atoms. The number of sulfonamides is 1. The Morgan fingerprint density at radius 1 is 1.20 bits per heavy atom. The monoisotopic (exact) mass is 367 g/mol. The lowest BCUT2D eigenvalue weighted by molar-refractivity contribution is -0.385. The summed E-state index contributed by atoms with van der Waals surface area (Å²) in [6.07, 6.45) is -1.23. The first kappa shape index (κ1) is 18.2. The van der Waals surface area contributed by atoms with Gasteiger partial charge in [-0.15, -0.1) is 0 Å². The Morgan fingerprint density at radius 2 is 1.84 bits per heavy atom. The molecule has 0 aliphatic heterocycles. The second kappa shape index (κ2) is 7.15. The van der Waals surface area contributed by atoms with E-state index in [1.807, 2.05) is 0 Å². The third-order valence-corrected chi connectivity index (χ3v) is 4.47. The van der Waals surface area contributed by atoms with Gasteiger partial charge in [0.2, 0.25) is 10.0 Å². The number of rotatable bonds is 6. The summed E-state index contributed by atoms with van der Waals surface area (Å²) >= 11 is 0. The fourth-order valence-corrected chi connectivity index (χ4v) is 2.74. The number of ether oxygens (including phenoxy) is 1. The van der Waals surface area contributed by atoms with Crippen LogP contribution in [0.25, 0.3) is 0 Å². The highest BCUT2D eigenvalue weighted by Crippen LogP contribution is 2.32. The fourth-order valence-electron chi connectivity index (χ4n) is 1.87. The molecule has 0 heterocycles. The Hall–Kier alpha value is -3.18. The highest BCUT2D eigenvalue weighted by molar-refractivity contribution is 7.89. The van der Waals surface area contributed by atoms with Gasteiger partial charge < -0.3 is 9.84 Å². The number of nitrogens with zero attached hydrogens (tertiary/aromatic N) is 1. The number of benzene rings is 2. The van der Waals surface area contributed by atoms with Crippen LogP contribution in [0.1, 0.15) is 0 Å². The number of nitrogens with one attached hydrogen (secondary N) is 2. The summed E-state index contributed by atoms with van der Waals surface area (Å²) in [6.45, 7) is 0. The van der Waals surface area contributed by atoms with Gasteiger partial charge in [0.15, 0.2) is 0 Å². The van der Waals surface area contributed by atoms with Crippen LogP contribution in [0.5, 0.6) is 11.5 Å². The molecule has 11 heteroatoms. The lowest BCUT2D eigenvalue weighted by Crippen LogP contribution is -2.19. The number of nitro groups is 1. The molecule has 0 saturated carbocycles. The predicted molar refractivity (Wildman–Crippen MR) is 87.5 cm³/mol. The van der Waals surface area contributed by atoms with Crippen LogP contribution in [0.3, 0.4) is 0 Å². The average Bonchev–Trinajstić information content (AvgIpc) is 2.56.